The average molecular weight is 654 g/mol. The number of aromatic nitrogens is 2. The van der Waals surface area contributed by atoms with Crippen LogP contribution in [-0.2, 0) is 27.2 Å². The van der Waals surface area contributed by atoms with E-state index in [-0.39, 0.29) is 18.7 Å². The van der Waals surface area contributed by atoms with Crippen molar-refractivity contribution in [3.8, 4) is 0 Å². The highest BCUT2D eigenvalue weighted by Crippen LogP contribution is 2.29. The number of aliphatic hydroxyl groups is 1. The summed E-state index contributed by atoms with van der Waals surface area (Å²) in [6.07, 6.45) is 10.9. The number of rotatable bonds is 19. The third-order valence-corrected chi connectivity index (χ3v) is 9.42. The number of amides is 3. The number of carbonyl (C=O) groups is 3. The van der Waals surface area contributed by atoms with Gasteiger partial charge < -0.3 is 29.9 Å². The van der Waals surface area contributed by atoms with Crippen LogP contribution in [0, 0.1) is 11.8 Å². The molecular weight excluding hydrogens is 594 g/mol. The Morgan fingerprint density at radius 3 is 2.40 bits per heavy atom. The Bertz CT molecular complexity index is 1190. The number of nitrogens with one attached hydrogen (secondary N) is 2. The van der Waals surface area contributed by atoms with E-state index in [0.717, 1.165) is 37.7 Å². The van der Waals surface area contributed by atoms with E-state index in [1.807, 2.05) is 37.3 Å². The van der Waals surface area contributed by atoms with Crippen LogP contribution in [0.15, 0.2) is 42.9 Å². The number of hydrogen-bond acceptors (Lipinski definition) is 6. The van der Waals surface area contributed by atoms with Gasteiger partial charge in [0.25, 0.3) is 5.91 Å². The Balaban J connectivity index is 1.87. The van der Waals surface area contributed by atoms with Crippen molar-refractivity contribution < 1.29 is 24.2 Å². The van der Waals surface area contributed by atoms with Gasteiger partial charge in [-0.05, 0) is 50.0 Å². The minimum atomic E-state index is -1.13. The molecule has 1 aromatic carbocycles. The summed E-state index contributed by atoms with van der Waals surface area (Å²) >= 11 is 0. The number of nitrogens with zero attached hydrogens (tertiary/aromatic N) is 3. The summed E-state index contributed by atoms with van der Waals surface area (Å²) in [7, 11) is 1.59. The molecule has 2 aromatic rings. The summed E-state index contributed by atoms with van der Waals surface area (Å²) in [5.74, 6) is 0.0577. The summed E-state index contributed by atoms with van der Waals surface area (Å²) in [5, 5.41) is 14.5. The molecule has 10 heteroatoms. The lowest BCUT2D eigenvalue weighted by atomic mass is 9.83. The van der Waals surface area contributed by atoms with Crippen molar-refractivity contribution in [1.29, 1.82) is 0 Å². The van der Waals surface area contributed by atoms with Crippen LogP contribution in [0.4, 0.5) is 4.79 Å². The fraction of sp³-hybridized carbons (Fsp3) is 0.676. The van der Waals surface area contributed by atoms with Crippen molar-refractivity contribution in [3.63, 3.8) is 0 Å². The molecule has 3 rings (SSSR count). The van der Waals surface area contributed by atoms with Gasteiger partial charge in [0.2, 0.25) is 5.91 Å². The zero-order valence-corrected chi connectivity index (χ0v) is 29.3. The third kappa shape index (κ3) is 12.6. The number of benzene rings is 1. The first-order valence-electron chi connectivity index (χ1n) is 17.8. The highest BCUT2D eigenvalue weighted by atomic mass is 16.6. The van der Waals surface area contributed by atoms with Gasteiger partial charge in [0.15, 0.2) is 6.10 Å². The maximum absolute atomic E-state index is 14.3. The number of hydrogen-bond donors (Lipinski definition) is 3. The largest absolute Gasteiger partial charge is 0.436 e. The number of unbranched alkanes of at least 4 members (excludes halogenated alkanes) is 1. The zero-order valence-electron chi connectivity index (χ0n) is 29.3. The Morgan fingerprint density at radius 1 is 1.06 bits per heavy atom. The summed E-state index contributed by atoms with van der Waals surface area (Å²) < 4.78 is 5.93. The van der Waals surface area contributed by atoms with Gasteiger partial charge in [0, 0.05) is 39.2 Å². The molecule has 0 unspecified atom stereocenters. The first kappa shape index (κ1) is 38.1. The standard InChI is InChI=1S/C37H59N5O5/c1-6-8-21-42(7-2)37(46)47-34(23-29-17-13-10-14-18-29)36(45)41(5)32(24-30-25-38-26-39-30)35(44)40-31(33(43)20-19-27(3)4)22-28-15-11-9-12-16-28/h10,13-14,17-18,25-28,31-34,43H,6-9,11-12,15-16,19-24H2,1-5H3,(H,38,39)(H,40,44)/t31-,32-,33-,34-/m0/s1. The molecule has 1 saturated carbocycles. The van der Waals surface area contributed by atoms with Gasteiger partial charge in [-0.25, -0.2) is 9.78 Å². The minimum Gasteiger partial charge on any atom is -0.436 e. The van der Waals surface area contributed by atoms with Gasteiger partial charge in [-0.15, -0.1) is 0 Å². The third-order valence-electron chi connectivity index (χ3n) is 9.42. The first-order chi connectivity index (χ1) is 22.6. The smallest absolute Gasteiger partial charge is 0.410 e. The Morgan fingerprint density at radius 2 is 1.79 bits per heavy atom. The molecule has 4 atom stereocenters. The molecule has 0 saturated heterocycles. The number of imidazole rings is 1. The molecular formula is C37H59N5O5. The van der Waals surface area contributed by atoms with Gasteiger partial charge in [0.05, 0.1) is 24.2 Å². The topological polar surface area (TPSA) is 128 Å². The van der Waals surface area contributed by atoms with Crippen LogP contribution in [0.5, 0.6) is 0 Å². The van der Waals surface area contributed by atoms with E-state index < -0.39 is 36.3 Å². The van der Waals surface area contributed by atoms with Crippen molar-refractivity contribution in [3.05, 3.63) is 54.1 Å². The molecule has 0 aliphatic heterocycles. The number of H-pyrrole nitrogens is 1. The highest BCUT2D eigenvalue weighted by molar-refractivity contribution is 5.90. The molecule has 1 heterocycles. The molecule has 1 aliphatic carbocycles. The van der Waals surface area contributed by atoms with Crippen LogP contribution in [-0.4, -0.2) is 87.2 Å². The number of carbonyl (C=O) groups excluding carboxylic acids is 3. The van der Waals surface area contributed by atoms with Crippen molar-refractivity contribution in [1.82, 2.24) is 25.1 Å². The number of aliphatic hydroxyl groups excluding tert-OH is 1. The molecule has 3 amide bonds. The van der Waals surface area contributed by atoms with Crippen molar-refractivity contribution in [2.24, 2.45) is 11.8 Å². The summed E-state index contributed by atoms with van der Waals surface area (Å²) in [6, 6.07) is 8.09. The monoisotopic (exact) mass is 653 g/mol. The van der Waals surface area contributed by atoms with Crippen LogP contribution in [0.1, 0.15) is 103 Å². The van der Waals surface area contributed by atoms with Gasteiger partial charge in [-0.2, -0.15) is 0 Å². The van der Waals surface area contributed by atoms with Crippen molar-refractivity contribution >= 4 is 17.9 Å². The van der Waals surface area contributed by atoms with Crippen LogP contribution >= 0.6 is 0 Å². The zero-order chi connectivity index (χ0) is 34.2. The Hall–Kier alpha value is -3.40. The van der Waals surface area contributed by atoms with Crippen molar-refractivity contribution in [2.75, 3.05) is 20.1 Å². The van der Waals surface area contributed by atoms with Crippen LogP contribution in [0.2, 0.25) is 0 Å². The van der Waals surface area contributed by atoms with Crippen LogP contribution in [0.25, 0.3) is 0 Å². The second-order valence-electron chi connectivity index (χ2n) is 13.6. The van der Waals surface area contributed by atoms with Gasteiger partial charge >= 0.3 is 6.09 Å². The summed E-state index contributed by atoms with van der Waals surface area (Å²) in [5.41, 5.74) is 1.47. The molecule has 1 aliphatic rings. The fourth-order valence-corrected chi connectivity index (χ4v) is 6.40. The fourth-order valence-electron chi connectivity index (χ4n) is 6.40. The van der Waals surface area contributed by atoms with E-state index in [9.17, 15) is 19.5 Å². The molecule has 10 nitrogen and oxygen atoms in total. The highest BCUT2D eigenvalue weighted by Gasteiger charge is 2.36. The Labute approximate surface area is 282 Å². The van der Waals surface area contributed by atoms with E-state index >= 15 is 0 Å². The van der Waals surface area contributed by atoms with E-state index in [1.165, 1.54) is 24.2 Å². The summed E-state index contributed by atoms with van der Waals surface area (Å²) in [4.78, 5) is 52.1. The van der Waals surface area contributed by atoms with E-state index in [4.69, 9.17) is 4.74 Å². The van der Waals surface area contributed by atoms with Crippen molar-refractivity contribution in [2.45, 2.75) is 129 Å². The predicted octanol–water partition coefficient (Wildman–Crippen LogP) is 5.90. The number of aromatic amines is 1. The second kappa shape index (κ2) is 20.1. The average Bonchev–Trinajstić information content (AvgIpc) is 3.59. The molecule has 0 bridgehead atoms. The molecule has 0 radical (unpaired) electrons. The SMILES string of the molecule is CCCCN(CC)C(=O)O[C@@H](Cc1ccccc1)C(=O)N(C)[C@@H](Cc1c[nH]cn1)C(=O)N[C@@H](CC1CCCCC1)[C@@H](O)CCC(C)C. The van der Waals surface area contributed by atoms with Gasteiger partial charge in [-0.3, -0.25) is 9.59 Å². The maximum Gasteiger partial charge on any atom is 0.410 e. The van der Waals surface area contributed by atoms with Crippen LogP contribution < -0.4 is 5.32 Å². The summed E-state index contributed by atoms with van der Waals surface area (Å²) in [6.45, 7) is 9.21. The second-order valence-corrected chi connectivity index (χ2v) is 13.6. The quantitative estimate of drug-likeness (QED) is 0.173. The first-order valence-corrected chi connectivity index (χ1v) is 17.8. The van der Waals surface area contributed by atoms with Gasteiger partial charge in [-0.1, -0.05) is 89.6 Å². The normalized spacial score (nSPS) is 16.2. The molecule has 3 N–H and O–H groups in total. The van der Waals surface area contributed by atoms with E-state index in [0.29, 0.717) is 43.5 Å². The van der Waals surface area contributed by atoms with E-state index in [1.54, 1.807) is 24.5 Å². The lowest BCUT2D eigenvalue weighted by Crippen LogP contribution is -2.56. The minimum absolute atomic E-state index is 0.166. The van der Waals surface area contributed by atoms with Crippen LogP contribution in [0.3, 0.4) is 0 Å². The number of ether oxygens (including phenoxy) is 1. The predicted molar refractivity (Wildman–Crippen MR) is 185 cm³/mol. The molecule has 47 heavy (non-hydrogen) atoms. The molecule has 1 aromatic heterocycles. The molecule has 1 fully saturated rings. The van der Waals surface area contributed by atoms with E-state index in [2.05, 4.69) is 36.1 Å². The van der Waals surface area contributed by atoms with Gasteiger partial charge in [0.1, 0.15) is 6.04 Å². The lowest BCUT2D eigenvalue weighted by Gasteiger charge is -2.34. The maximum atomic E-state index is 14.3. The lowest BCUT2D eigenvalue weighted by molar-refractivity contribution is -0.146. The Kier molecular flexibility index (Phi) is 16.3. The number of likely N-dealkylation sites (N-methyl/N-ethyl adjacent to an activating group) is 1. The molecule has 262 valence electrons. The molecule has 0 spiro atoms.